The summed E-state index contributed by atoms with van der Waals surface area (Å²) in [4.78, 5) is 24.8. The number of hydrogen-bond acceptors (Lipinski definition) is 7. The van der Waals surface area contributed by atoms with Gasteiger partial charge in [0, 0.05) is 37.4 Å². The normalized spacial score (nSPS) is 11.1. The quantitative estimate of drug-likeness (QED) is 0.228. The first-order valence-corrected chi connectivity index (χ1v) is 13.0. The Morgan fingerprint density at radius 3 is 2.59 bits per heavy atom. The molecule has 0 spiro atoms. The molecule has 5 rings (SSSR count). The molecule has 0 fully saturated rings. The van der Waals surface area contributed by atoms with Crippen LogP contribution >= 0.6 is 0 Å². The van der Waals surface area contributed by atoms with Crippen LogP contribution < -0.4 is 9.47 Å². The largest absolute Gasteiger partial charge is 0.496 e. The van der Waals surface area contributed by atoms with Gasteiger partial charge < -0.3 is 23.9 Å². The van der Waals surface area contributed by atoms with Crippen molar-refractivity contribution in [1.29, 1.82) is 0 Å². The summed E-state index contributed by atoms with van der Waals surface area (Å²) in [5.41, 5.74) is 4.92. The molecule has 0 atom stereocenters. The lowest BCUT2D eigenvalue weighted by Gasteiger charge is -2.11. The van der Waals surface area contributed by atoms with Gasteiger partial charge in [0.2, 0.25) is 0 Å². The molecule has 5 aromatic rings. The average Bonchev–Trinajstić information content (AvgIpc) is 3.32. The average molecular weight is 557 g/mol. The van der Waals surface area contributed by atoms with E-state index in [4.69, 9.17) is 14.2 Å². The molecule has 0 aliphatic rings. The summed E-state index contributed by atoms with van der Waals surface area (Å²) in [5.74, 6) is -0.111. The Hall–Kier alpha value is -4.83. The molecule has 0 aliphatic heterocycles. The molecular formula is C31H29FN4O5. The molecule has 2 heterocycles. The van der Waals surface area contributed by atoms with E-state index in [9.17, 15) is 9.90 Å². The summed E-state index contributed by atoms with van der Waals surface area (Å²) in [6, 6.07) is 17.4. The van der Waals surface area contributed by atoms with Gasteiger partial charge in [0.1, 0.15) is 24.0 Å². The molecule has 0 amide bonds. The number of hydrogen-bond donors (Lipinski definition) is 1. The molecule has 41 heavy (non-hydrogen) atoms. The lowest BCUT2D eigenvalue weighted by molar-refractivity contribution is 0.0697. The lowest BCUT2D eigenvalue weighted by Crippen LogP contribution is -2.10. The van der Waals surface area contributed by atoms with Gasteiger partial charge in [0.15, 0.2) is 0 Å². The molecule has 2 aromatic heterocycles. The second-order valence-electron chi connectivity index (χ2n) is 9.49. The van der Waals surface area contributed by atoms with Crippen LogP contribution in [0.5, 0.6) is 11.8 Å². The number of halogens is 1. The van der Waals surface area contributed by atoms with Crippen molar-refractivity contribution in [2.45, 2.75) is 26.5 Å². The summed E-state index contributed by atoms with van der Waals surface area (Å²) in [7, 11) is 3.20. The number of nitrogens with zero attached hydrogens (tertiary/aromatic N) is 4. The van der Waals surface area contributed by atoms with Gasteiger partial charge in [0.05, 0.1) is 36.0 Å². The molecule has 3 aromatic carbocycles. The van der Waals surface area contributed by atoms with Gasteiger partial charge in [-0.1, -0.05) is 24.3 Å². The van der Waals surface area contributed by atoms with Crippen molar-refractivity contribution in [1.82, 2.24) is 19.5 Å². The predicted molar refractivity (Wildman–Crippen MR) is 151 cm³/mol. The third kappa shape index (κ3) is 6.17. The highest BCUT2D eigenvalue weighted by Gasteiger charge is 2.16. The molecule has 1 N–H and O–H groups in total. The van der Waals surface area contributed by atoms with Crippen molar-refractivity contribution in [3.63, 3.8) is 0 Å². The van der Waals surface area contributed by atoms with Gasteiger partial charge in [-0.2, -0.15) is 4.98 Å². The zero-order chi connectivity index (χ0) is 28.9. The smallest absolute Gasteiger partial charge is 0.335 e. The van der Waals surface area contributed by atoms with Crippen molar-refractivity contribution in [3.05, 3.63) is 101 Å². The second kappa shape index (κ2) is 12.1. The topological polar surface area (TPSA) is 109 Å². The maximum atomic E-state index is 15.4. The minimum Gasteiger partial charge on any atom is -0.496 e. The van der Waals surface area contributed by atoms with Crippen molar-refractivity contribution in [3.8, 4) is 23.0 Å². The lowest BCUT2D eigenvalue weighted by atomic mass is 10.1. The Kier molecular flexibility index (Phi) is 8.21. The highest BCUT2D eigenvalue weighted by atomic mass is 19.1. The van der Waals surface area contributed by atoms with E-state index in [0.717, 1.165) is 16.9 Å². The number of rotatable bonds is 11. The van der Waals surface area contributed by atoms with Crippen LogP contribution in [0.3, 0.4) is 0 Å². The van der Waals surface area contributed by atoms with Crippen molar-refractivity contribution in [2.24, 2.45) is 0 Å². The predicted octanol–water partition coefficient (Wildman–Crippen LogP) is 5.46. The van der Waals surface area contributed by atoms with Gasteiger partial charge >= 0.3 is 12.0 Å². The number of imidazole rings is 1. The number of aromatic nitrogens is 4. The van der Waals surface area contributed by atoms with E-state index in [-0.39, 0.29) is 24.6 Å². The van der Waals surface area contributed by atoms with Crippen LogP contribution in [0.15, 0.2) is 66.9 Å². The highest BCUT2D eigenvalue weighted by molar-refractivity contribution is 5.92. The zero-order valence-electron chi connectivity index (χ0n) is 22.9. The van der Waals surface area contributed by atoms with E-state index in [1.54, 1.807) is 50.7 Å². The van der Waals surface area contributed by atoms with Crippen LogP contribution in [-0.4, -0.2) is 51.4 Å². The van der Waals surface area contributed by atoms with Crippen LogP contribution in [0.25, 0.3) is 22.3 Å². The minimum atomic E-state index is -1.03. The molecule has 10 heteroatoms. The van der Waals surface area contributed by atoms with E-state index in [1.807, 2.05) is 29.7 Å². The Labute approximate surface area is 236 Å². The Bertz CT molecular complexity index is 1720. The number of fused-ring (bicyclic) bond motifs is 1. The summed E-state index contributed by atoms with van der Waals surface area (Å²) >= 11 is 0. The minimum absolute atomic E-state index is 0.157. The summed E-state index contributed by atoms with van der Waals surface area (Å²) < 4.78 is 33.7. The van der Waals surface area contributed by atoms with E-state index in [1.165, 1.54) is 12.1 Å². The monoisotopic (exact) mass is 556 g/mol. The van der Waals surface area contributed by atoms with E-state index in [0.29, 0.717) is 46.8 Å². The van der Waals surface area contributed by atoms with Gasteiger partial charge in [-0.3, -0.25) is 0 Å². The van der Waals surface area contributed by atoms with Crippen molar-refractivity contribution in [2.75, 3.05) is 20.8 Å². The zero-order valence-corrected chi connectivity index (χ0v) is 22.9. The second-order valence-corrected chi connectivity index (χ2v) is 9.49. The number of carbonyl (C=O) groups is 1. The number of benzene rings is 3. The van der Waals surface area contributed by atoms with E-state index >= 15 is 4.39 Å². The van der Waals surface area contributed by atoms with E-state index in [2.05, 4.69) is 15.0 Å². The number of aryl methyl sites for hydroxylation is 1. The number of ether oxygens (including phenoxy) is 3. The summed E-state index contributed by atoms with van der Waals surface area (Å²) in [6.45, 7) is 3.05. The SMILES string of the molecule is COCCn1c(Cc2ccc(-c3ccnc(OCc4ccc(C)cc4OC)n3)cc2F)nc2ccc(C(=O)O)cc21. The fraction of sp³-hybridized carbons (Fsp3) is 0.226. The number of methoxy groups -OCH3 is 2. The van der Waals surface area contributed by atoms with Gasteiger partial charge in [-0.05, 0) is 54.4 Å². The molecule has 0 saturated heterocycles. The highest BCUT2D eigenvalue weighted by Crippen LogP contribution is 2.26. The van der Waals surface area contributed by atoms with Gasteiger partial charge in [-0.15, -0.1) is 0 Å². The fourth-order valence-electron chi connectivity index (χ4n) is 4.58. The van der Waals surface area contributed by atoms with Crippen LogP contribution in [0, 0.1) is 12.7 Å². The number of carboxylic acids is 1. The van der Waals surface area contributed by atoms with Gasteiger partial charge in [0.25, 0.3) is 0 Å². The number of aromatic carboxylic acids is 1. The fourth-order valence-corrected chi connectivity index (χ4v) is 4.58. The number of carboxylic acid groups (broad SMARTS) is 1. The maximum Gasteiger partial charge on any atom is 0.335 e. The molecule has 9 nitrogen and oxygen atoms in total. The summed E-state index contributed by atoms with van der Waals surface area (Å²) in [6.07, 6.45) is 1.78. The molecule has 0 bridgehead atoms. The molecule has 0 aliphatic carbocycles. The third-order valence-electron chi connectivity index (χ3n) is 6.72. The van der Waals surface area contributed by atoms with Crippen LogP contribution in [-0.2, 0) is 24.3 Å². The Balaban J connectivity index is 1.37. The first-order chi connectivity index (χ1) is 19.9. The molecule has 0 unspecified atom stereocenters. The first-order valence-electron chi connectivity index (χ1n) is 13.0. The van der Waals surface area contributed by atoms with Crippen molar-refractivity contribution >= 4 is 17.0 Å². The first kappa shape index (κ1) is 27.7. The summed E-state index contributed by atoms with van der Waals surface area (Å²) in [5, 5.41) is 9.41. The third-order valence-corrected chi connectivity index (χ3v) is 6.72. The van der Waals surface area contributed by atoms with Crippen molar-refractivity contribution < 1.29 is 28.5 Å². The molecule has 210 valence electrons. The standard InChI is InChI=1S/C31H29FN4O5/c1-19-4-5-23(28(14-19)40-3)18-41-31-33-11-10-25(35-31)21-7-6-20(24(32)15-21)17-29-34-26-9-8-22(30(37)38)16-27(26)36(29)12-13-39-2/h4-11,14-16H,12-13,17-18H2,1-3H3,(H,37,38). The van der Waals surface area contributed by atoms with E-state index < -0.39 is 11.8 Å². The van der Waals surface area contributed by atoms with Crippen LogP contribution in [0.2, 0.25) is 0 Å². The molecule has 0 saturated carbocycles. The Morgan fingerprint density at radius 1 is 1.00 bits per heavy atom. The molecular weight excluding hydrogens is 527 g/mol. The molecule has 0 radical (unpaired) electrons. The van der Waals surface area contributed by atoms with Gasteiger partial charge in [-0.25, -0.2) is 19.2 Å². The Morgan fingerprint density at radius 2 is 1.83 bits per heavy atom. The van der Waals surface area contributed by atoms with Crippen LogP contribution in [0.4, 0.5) is 4.39 Å². The maximum absolute atomic E-state index is 15.4. The van der Waals surface area contributed by atoms with Crippen LogP contribution in [0.1, 0.15) is 32.9 Å².